The van der Waals surface area contributed by atoms with Crippen LogP contribution in [-0.4, -0.2) is 30.4 Å². The highest BCUT2D eigenvalue weighted by atomic mass is 79.9. The lowest BCUT2D eigenvalue weighted by Gasteiger charge is -2.16. The van der Waals surface area contributed by atoms with Crippen LogP contribution in [-0.2, 0) is 20.7 Å². The summed E-state index contributed by atoms with van der Waals surface area (Å²) in [6.45, 7) is 0. The van der Waals surface area contributed by atoms with Gasteiger partial charge in [0.25, 0.3) is 0 Å². The van der Waals surface area contributed by atoms with Gasteiger partial charge in [-0.3, -0.25) is 4.79 Å². The first-order chi connectivity index (χ1) is 10.2. The number of alkyl halides is 1. The van der Waals surface area contributed by atoms with E-state index in [-0.39, 0.29) is 5.91 Å². The van der Waals surface area contributed by atoms with Crippen molar-refractivity contribution in [2.24, 2.45) is 0 Å². The van der Waals surface area contributed by atoms with Crippen molar-refractivity contribution in [3.8, 4) is 0 Å². The minimum Gasteiger partial charge on any atom is -0.467 e. The van der Waals surface area contributed by atoms with E-state index < -0.39 is 12.0 Å². The smallest absolute Gasteiger partial charge is 0.328 e. The van der Waals surface area contributed by atoms with Gasteiger partial charge in [-0.15, -0.1) is 0 Å². The molecule has 0 fully saturated rings. The number of methoxy groups -OCH3 is 1. The summed E-state index contributed by atoms with van der Waals surface area (Å²) in [5, 5.41) is 3.72. The molecule has 1 rings (SSSR count). The Morgan fingerprint density at radius 2 is 1.90 bits per heavy atom. The van der Waals surface area contributed by atoms with E-state index in [1.54, 1.807) is 0 Å². The largest absolute Gasteiger partial charge is 0.467 e. The maximum Gasteiger partial charge on any atom is 0.328 e. The molecule has 1 aromatic carbocycles. The van der Waals surface area contributed by atoms with Crippen molar-refractivity contribution >= 4 is 27.8 Å². The van der Waals surface area contributed by atoms with Crippen LogP contribution in [0.3, 0.4) is 0 Å². The molecule has 0 saturated heterocycles. The van der Waals surface area contributed by atoms with E-state index in [1.165, 1.54) is 7.11 Å². The SMILES string of the molecule is COC(=O)[C@H](Cc1ccccc1)NC(=O)CCCCCBr. The molecule has 1 aromatic rings. The van der Waals surface area contributed by atoms with Crippen LogP contribution in [0.15, 0.2) is 30.3 Å². The Bertz CT molecular complexity index is 436. The molecule has 21 heavy (non-hydrogen) atoms. The van der Waals surface area contributed by atoms with Crippen molar-refractivity contribution in [1.82, 2.24) is 5.32 Å². The molecule has 0 spiro atoms. The van der Waals surface area contributed by atoms with Crippen molar-refractivity contribution in [1.29, 1.82) is 0 Å². The molecular formula is C16H22BrNO3. The number of hydrogen-bond acceptors (Lipinski definition) is 3. The Kier molecular flexibility index (Phi) is 8.74. The lowest BCUT2D eigenvalue weighted by Crippen LogP contribution is -2.43. The van der Waals surface area contributed by atoms with Gasteiger partial charge in [-0.2, -0.15) is 0 Å². The van der Waals surface area contributed by atoms with E-state index in [9.17, 15) is 9.59 Å². The molecule has 0 aromatic heterocycles. The van der Waals surface area contributed by atoms with E-state index in [0.29, 0.717) is 12.8 Å². The molecule has 0 aliphatic carbocycles. The number of esters is 1. The van der Waals surface area contributed by atoms with Gasteiger partial charge in [-0.25, -0.2) is 4.79 Å². The fraction of sp³-hybridized carbons (Fsp3) is 0.500. The van der Waals surface area contributed by atoms with E-state index in [2.05, 4.69) is 21.2 Å². The maximum absolute atomic E-state index is 11.9. The first kappa shape index (κ1) is 17.7. The number of unbranched alkanes of at least 4 members (excludes halogenated alkanes) is 2. The van der Waals surface area contributed by atoms with Crippen LogP contribution in [0.1, 0.15) is 31.2 Å². The summed E-state index contributed by atoms with van der Waals surface area (Å²) in [5.74, 6) is -0.511. The monoisotopic (exact) mass is 355 g/mol. The topological polar surface area (TPSA) is 55.4 Å². The van der Waals surface area contributed by atoms with Gasteiger partial charge >= 0.3 is 5.97 Å². The molecule has 0 unspecified atom stereocenters. The standard InChI is InChI=1S/C16H22BrNO3/c1-21-16(20)14(12-13-8-4-2-5-9-13)18-15(19)10-6-3-7-11-17/h2,4-5,8-9,14H,3,6-7,10-12H2,1H3,(H,18,19)/t14-/m0/s1. The second-order valence-electron chi connectivity index (χ2n) is 4.83. The third-order valence-corrected chi connectivity index (χ3v) is 3.70. The van der Waals surface area contributed by atoms with Crippen LogP contribution in [0.4, 0.5) is 0 Å². The van der Waals surface area contributed by atoms with Crippen molar-refractivity contribution in [3.05, 3.63) is 35.9 Å². The maximum atomic E-state index is 11.9. The molecule has 1 amide bonds. The van der Waals surface area contributed by atoms with Crippen LogP contribution in [0, 0.1) is 0 Å². The number of hydrogen-bond donors (Lipinski definition) is 1. The van der Waals surface area contributed by atoms with Gasteiger partial charge < -0.3 is 10.1 Å². The minimum atomic E-state index is -0.624. The van der Waals surface area contributed by atoms with Crippen LogP contribution >= 0.6 is 15.9 Å². The molecule has 5 heteroatoms. The quantitative estimate of drug-likeness (QED) is 0.421. The van der Waals surface area contributed by atoms with Gasteiger partial charge in [0.05, 0.1) is 7.11 Å². The first-order valence-corrected chi connectivity index (χ1v) is 8.26. The number of ether oxygens (including phenoxy) is 1. The molecular weight excluding hydrogens is 334 g/mol. The molecule has 1 atom stereocenters. The molecule has 0 radical (unpaired) electrons. The van der Waals surface area contributed by atoms with Gasteiger partial charge in [0.15, 0.2) is 0 Å². The number of rotatable bonds is 9. The fourth-order valence-corrected chi connectivity index (χ4v) is 2.41. The van der Waals surface area contributed by atoms with Gasteiger partial charge in [-0.1, -0.05) is 52.7 Å². The molecule has 116 valence electrons. The molecule has 0 aliphatic rings. The van der Waals surface area contributed by atoms with E-state index in [4.69, 9.17) is 4.74 Å². The normalized spacial score (nSPS) is 11.7. The fourth-order valence-electron chi connectivity index (χ4n) is 2.01. The summed E-state index contributed by atoms with van der Waals surface area (Å²) in [6.07, 6.45) is 3.77. The third kappa shape index (κ3) is 7.27. The zero-order valence-corrected chi connectivity index (χ0v) is 13.9. The molecule has 0 heterocycles. The lowest BCUT2D eigenvalue weighted by atomic mass is 10.1. The summed E-state index contributed by atoms with van der Waals surface area (Å²) >= 11 is 3.36. The summed E-state index contributed by atoms with van der Waals surface area (Å²) < 4.78 is 4.77. The van der Waals surface area contributed by atoms with Gasteiger partial charge in [-0.05, 0) is 18.4 Å². The average Bonchev–Trinajstić information content (AvgIpc) is 2.51. The third-order valence-electron chi connectivity index (χ3n) is 3.14. The first-order valence-electron chi connectivity index (χ1n) is 7.14. The summed E-state index contributed by atoms with van der Waals surface area (Å²) in [6, 6.07) is 8.97. The molecule has 1 N–H and O–H groups in total. The predicted octanol–water partition coefficient (Wildman–Crippen LogP) is 2.84. The van der Waals surface area contributed by atoms with Crippen molar-refractivity contribution < 1.29 is 14.3 Å². The van der Waals surface area contributed by atoms with E-state index in [1.807, 2.05) is 30.3 Å². The van der Waals surface area contributed by atoms with Crippen molar-refractivity contribution in [3.63, 3.8) is 0 Å². The number of carbonyl (C=O) groups excluding carboxylic acids is 2. The lowest BCUT2D eigenvalue weighted by molar-refractivity contribution is -0.145. The predicted molar refractivity (Wildman–Crippen MR) is 86.4 cm³/mol. The highest BCUT2D eigenvalue weighted by molar-refractivity contribution is 9.09. The summed E-state index contributed by atoms with van der Waals surface area (Å²) in [7, 11) is 1.34. The zero-order valence-electron chi connectivity index (χ0n) is 12.3. The van der Waals surface area contributed by atoms with Crippen LogP contribution in [0.5, 0.6) is 0 Å². The summed E-state index contributed by atoms with van der Waals surface area (Å²) in [5.41, 5.74) is 0.993. The van der Waals surface area contributed by atoms with Crippen molar-refractivity contribution in [2.45, 2.75) is 38.1 Å². The Balaban J connectivity index is 2.50. The second kappa shape index (κ2) is 10.4. The average molecular weight is 356 g/mol. The van der Waals surface area contributed by atoms with E-state index in [0.717, 1.165) is 30.2 Å². The number of carbonyl (C=O) groups is 2. The number of nitrogens with one attached hydrogen (secondary N) is 1. The van der Waals surface area contributed by atoms with Gasteiger partial charge in [0.2, 0.25) is 5.91 Å². The Labute approximate surface area is 134 Å². The van der Waals surface area contributed by atoms with Crippen molar-refractivity contribution in [2.75, 3.05) is 12.4 Å². The van der Waals surface area contributed by atoms with Crippen LogP contribution in [0.2, 0.25) is 0 Å². The number of amides is 1. The summed E-state index contributed by atoms with van der Waals surface area (Å²) in [4.78, 5) is 23.7. The van der Waals surface area contributed by atoms with Gasteiger partial charge in [0, 0.05) is 18.2 Å². The van der Waals surface area contributed by atoms with Gasteiger partial charge in [0.1, 0.15) is 6.04 Å². The minimum absolute atomic E-state index is 0.101. The number of halogens is 1. The Morgan fingerprint density at radius 3 is 2.52 bits per heavy atom. The second-order valence-corrected chi connectivity index (χ2v) is 5.63. The number of benzene rings is 1. The van der Waals surface area contributed by atoms with E-state index >= 15 is 0 Å². The highest BCUT2D eigenvalue weighted by Gasteiger charge is 2.21. The Morgan fingerprint density at radius 1 is 1.19 bits per heavy atom. The molecule has 0 aliphatic heterocycles. The highest BCUT2D eigenvalue weighted by Crippen LogP contribution is 2.06. The molecule has 0 saturated carbocycles. The molecule has 0 bridgehead atoms. The van der Waals surface area contributed by atoms with Crippen LogP contribution < -0.4 is 5.32 Å². The Hall–Kier alpha value is -1.36. The van der Waals surface area contributed by atoms with Crippen LogP contribution in [0.25, 0.3) is 0 Å². The zero-order chi connectivity index (χ0) is 15.5. The molecule has 4 nitrogen and oxygen atoms in total.